The number of ether oxygens (including phenoxy) is 2. The second-order valence-corrected chi connectivity index (χ2v) is 4.91. The Hall–Kier alpha value is -1.55. The molecule has 1 atom stereocenters. The number of methoxy groups -OCH3 is 2. The van der Waals surface area contributed by atoms with Crippen LogP contribution in [0, 0.1) is 5.92 Å². The van der Waals surface area contributed by atoms with Crippen molar-refractivity contribution in [2.75, 3.05) is 33.9 Å². The van der Waals surface area contributed by atoms with Gasteiger partial charge in [-0.3, -0.25) is 4.79 Å². The Morgan fingerprint density at radius 2 is 2.05 bits per heavy atom. The monoisotopic (exact) mass is 263 g/mol. The van der Waals surface area contributed by atoms with E-state index in [1.54, 1.807) is 7.11 Å². The average molecular weight is 263 g/mol. The molecule has 0 aliphatic carbocycles. The van der Waals surface area contributed by atoms with Crippen LogP contribution in [0.5, 0.6) is 5.75 Å². The molecule has 4 nitrogen and oxygen atoms in total. The van der Waals surface area contributed by atoms with Gasteiger partial charge in [0.1, 0.15) is 5.75 Å². The number of esters is 1. The molecule has 1 aliphatic heterocycles. The van der Waals surface area contributed by atoms with Gasteiger partial charge >= 0.3 is 5.97 Å². The number of carbonyl (C=O) groups is 1. The van der Waals surface area contributed by atoms with Crippen molar-refractivity contribution in [2.24, 2.45) is 5.92 Å². The van der Waals surface area contributed by atoms with Crippen LogP contribution in [0.1, 0.15) is 12.0 Å². The van der Waals surface area contributed by atoms with Gasteiger partial charge in [-0.05, 0) is 37.1 Å². The molecule has 4 heteroatoms. The van der Waals surface area contributed by atoms with E-state index in [0.717, 1.165) is 38.2 Å². The van der Waals surface area contributed by atoms with Gasteiger partial charge < -0.3 is 14.4 Å². The standard InChI is InChI=1S/C15H21NO3/c1-18-14-5-3-12(4-6-14)7-9-16-10-8-13(11-16)15(17)19-2/h3-6,13H,7-11H2,1-2H3. The minimum absolute atomic E-state index is 0.0564. The highest BCUT2D eigenvalue weighted by Crippen LogP contribution is 2.18. The smallest absolute Gasteiger partial charge is 0.310 e. The topological polar surface area (TPSA) is 38.8 Å². The third kappa shape index (κ3) is 3.70. The molecular formula is C15H21NO3. The van der Waals surface area contributed by atoms with Gasteiger partial charge in [0.2, 0.25) is 0 Å². The highest BCUT2D eigenvalue weighted by molar-refractivity contribution is 5.72. The van der Waals surface area contributed by atoms with Gasteiger partial charge in [-0.25, -0.2) is 0 Å². The summed E-state index contributed by atoms with van der Waals surface area (Å²) in [6, 6.07) is 8.15. The zero-order chi connectivity index (χ0) is 13.7. The first kappa shape index (κ1) is 13.9. The predicted molar refractivity (Wildman–Crippen MR) is 73.3 cm³/mol. The van der Waals surface area contributed by atoms with E-state index in [1.165, 1.54) is 12.7 Å². The van der Waals surface area contributed by atoms with Crippen LogP contribution >= 0.6 is 0 Å². The molecule has 1 aromatic carbocycles. The number of hydrogen-bond acceptors (Lipinski definition) is 4. The summed E-state index contributed by atoms with van der Waals surface area (Å²) in [4.78, 5) is 13.8. The molecule has 0 saturated carbocycles. The molecule has 0 amide bonds. The first-order valence-corrected chi connectivity index (χ1v) is 6.66. The molecule has 19 heavy (non-hydrogen) atoms. The lowest BCUT2D eigenvalue weighted by Gasteiger charge is -2.15. The van der Waals surface area contributed by atoms with E-state index in [1.807, 2.05) is 12.1 Å². The minimum Gasteiger partial charge on any atom is -0.497 e. The molecule has 1 aliphatic rings. The normalized spacial score (nSPS) is 19.4. The highest BCUT2D eigenvalue weighted by Gasteiger charge is 2.28. The second-order valence-electron chi connectivity index (χ2n) is 4.91. The molecule has 2 rings (SSSR count). The molecule has 104 valence electrons. The van der Waals surface area contributed by atoms with E-state index in [0.29, 0.717) is 0 Å². The van der Waals surface area contributed by atoms with Gasteiger partial charge in [-0.2, -0.15) is 0 Å². The van der Waals surface area contributed by atoms with Crippen molar-refractivity contribution >= 4 is 5.97 Å². The molecule has 0 bridgehead atoms. The van der Waals surface area contributed by atoms with E-state index in [2.05, 4.69) is 17.0 Å². The van der Waals surface area contributed by atoms with Gasteiger partial charge in [-0.15, -0.1) is 0 Å². The van der Waals surface area contributed by atoms with E-state index < -0.39 is 0 Å². The Morgan fingerprint density at radius 1 is 1.32 bits per heavy atom. The molecule has 0 aromatic heterocycles. The minimum atomic E-state index is -0.0769. The summed E-state index contributed by atoms with van der Waals surface area (Å²) in [6.07, 6.45) is 1.91. The molecule has 0 N–H and O–H groups in total. The predicted octanol–water partition coefficient (Wildman–Crippen LogP) is 1.73. The largest absolute Gasteiger partial charge is 0.497 e. The van der Waals surface area contributed by atoms with Crippen LogP contribution < -0.4 is 4.74 Å². The quantitative estimate of drug-likeness (QED) is 0.758. The Bertz CT molecular complexity index is 416. The van der Waals surface area contributed by atoms with Crippen LogP contribution in [0.2, 0.25) is 0 Å². The van der Waals surface area contributed by atoms with Gasteiger partial charge in [-0.1, -0.05) is 12.1 Å². The lowest BCUT2D eigenvalue weighted by molar-refractivity contribution is -0.144. The first-order valence-electron chi connectivity index (χ1n) is 6.66. The summed E-state index contributed by atoms with van der Waals surface area (Å²) in [5.74, 6) is 0.864. The maximum atomic E-state index is 11.4. The highest BCUT2D eigenvalue weighted by atomic mass is 16.5. The lowest BCUT2D eigenvalue weighted by atomic mass is 10.1. The van der Waals surface area contributed by atoms with Crippen molar-refractivity contribution in [1.82, 2.24) is 4.90 Å². The fourth-order valence-electron chi connectivity index (χ4n) is 2.47. The first-order chi connectivity index (χ1) is 9.22. The second kappa shape index (κ2) is 6.57. The number of hydrogen-bond donors (Lipinski definition) is 0. The van der Waals surface area contributed by atoms with Crippen molar-refractivity contribution in [3.63, 3.8) is 0 Å². The fraction of sp³-hybridized carbons (Fsp3) is 0.533. The fourth-order valence-corrected chi connectivity index (χ4v) is 2.47. The van der Waals surface area contributed by atoms with Crippen LogP contribution in [0.15, 0.2) is 24.3 Å². The third-order valence-electron chi connectivity index (χ3n) is 3.68. The molecule has 0 spiro atoms. The van der Waals surface area contributed by atoms with Gasteiger partial charge in [0.15, 0.2) is 0 Å². The third-order valence-corrected chi connectivity index (χ3v) is 3.68. The Kier molecular flexibility index (Phi) is 4.80. The SMILES string of the molecule is COC(=O)C1CCN(CCc2ccc(OC)cc2)C1. The van der Waals surface area contributed by atoms with Crippen molar-refractivity contribution in [2.45, 2.75) is 12.8 Å². The van der Waals surface area contributed by atoms with Crippen LogP contribution in [0.3, 0.4) is 0 Å². The Labute approximate surface area is 114 Å². The number of rotatable bonds is 5. The lowest BCUT2D eigenvalue weighted by Crippen LogP contribution is -2.25. The molecule has 1 aromatic rings. The van der Waals surface area contributed by atoms with Crippen LogP contribution in [-0.4, -0.2) is 44.7 Å². The van der Waals surface area contributed by atoms with Crippen LogP contribution in [-0.2, 0) is 16.0 Å². The van der Waals surface area contributed by atoms with Crippen LogP contribution in [0.4, 0.5) is 0 Å². The average Bonchev–Trinajstić information content (AvgIpc) is 2.93. The summed E-state index contributed by atoms with van der Waals surface area (Å²) in [7, 11) is 3.13. The molecule has 1 heterocycles. The van der Waals surface area contributed by atoms with Gasteiger partial charge in [0, 0.05) is 13.1 Å². The molecule has 0 radical (unpaired) electrons. The van der Waals surface area contributed by atoms with Gasteiger partial charge in [0.25, 0.3) is 0 Å². The number of nitrogens with zero attached hydrogens (tertiary/aromatic N) is 1. The Balaban J connectivity index is 1.78. The van der Waals surface area contributed by atoms with E-state index in [9.17, 15) is 4.79 Å². The molecule has 1 unspecified atom stereocenters. The molecular weight excluding hydrogens is 242 g/mol. The Morgan fingerprint density at radius 3 is 2.68 bits per heavy atom. The number of likely N-dealkylation sites (tertiary alicyclic amines) is 1. The molecule has 1 fully saturated rings. The zero-order valence-corrected chi connectivity index (χ0v) is 11.6. The van der Waals surface area contributed by atoms with Crippen LogP contribution in [0.25, 0.3) is 0 Å². The number of benzene rings is 1. The van der Waals surface area contributed by atoms with E-state index in [4.69, 9.17) is 9.47 Å². The summed E-state index contributed by atoms with van der Waals surface area (Å²) < 4.78 is 9.93. The van der Waals surface area contributed by atoms with Crippen molar-refractivity contribution in [1.29, 1.82) is 0 Å². The molecule has 1 saturated heterocycles. The van der Waals surface area contributed by atoms with E-state index >= 15 is 0 Å². The summed E-state index contributed by atoms with van der Waals surface area (Å²) in [5.41, 5.74) is 1.29. The summed E-state index contributed by atoms with van der Waals surface area (Å²) >= 11 is 0. The zero-order valence-electron chi connectivity index (χ0n) is 11.6. The van der Waals surface area contributed by atoms with E-state index in [-0.39, 0.29) is 11.9 Å². The van der Waals surface area contributed by atoms with Crippen molar-refractivity contribution < 1.29 is 14.3 Å². The maximum Gasteiger partial charge on any atom is 0.310 e. The van der Waals surface area contributed by atoms with Crippen molar-refractivity contribution in [3.05, 3.63) is 29.8 Å². The number of carbonyl (C=O) groups excluding carboxylic acids is 1. The summed E-state index contributed by atoms with van der Waals surface area (Å²) in [6.45, 7) is 2.79. The summed E-state index contributed by atoms with van der Waals surface area (Å²) in [5, 5.41) is 0. The maximum absolute atomic E-state index is 11.4. The van der Waals surface area contributed by atoms with Crippen molar-refractivity contribution in [3.8, 4) is 5.75 Å². The van der Waals surface area contributed by atoms with Gasteiger partial charge in [0.05, 0.1) is 20.1 Å².